The van der Waals surface area contributed by atoms with Crippen molar-refractivity contribution in [1.82, 2.24) is 0 Å². The van der Waals surface area contributed by atoms with Crippen molar-refractivity contribution in [1.29, 1.82) is 0 Å². The minimum Gasteiger partial charge on any atom is -0.481 e. The van der Waals surface area contributed by atoms with Gasteiger partial charge >= 0.3 is 5.97 Å². The molecule has 4 nitrogen and oxygen atoms in total. The summed E-state index contributed by atoms with van der Waals surface area (Å²) in [6.45, 7) is 1.33. The summed E-state index contributed by atoms with van der Waals surface area (Å²) in [5, 5.41) is 9.05. The summed E-state index contributed by atoms with van der Waals surface area (Å²) in [6.07, 6.45) is 0. The van der Waals surface area contributed by atoms with Gasteiger partial charge in [0.05, 0.1) is 26.6 Å². The van der Waals surface area contributed by atoms with E-state index in [-0.39, 0.29) is 14.9 Å². The van der Waals surface area contributed by atoms with Crippen LogP contribution in [0.2, 0.25) is 10.0 Å². The van der Waals surface area contributed by atoms with Gasteiger partial charge in [-0.05, 0) is 18.2 Å². The minimum absolute atomic E-state index is 0.0278. The first-order chi connectivity index (χ1) is 7.74. The van der Waals surface area contributed by atoms with E-state index in [4.69, 9.17) is 28.3 Å². The highest BCUT2D eigenvalue weighted by Crippen LogP contribution is 2.26. The van der Waals surface area contributed by atoms with Gasteiger partial charge in [0.25, 0.3) is 0 Å². The van der Waals surface area contributed by atoms with Gasteiger partial charge in [0.15, 0.2) is 9.84 Å². The van der Waals surface area contributed by atoms with Gasteiger partial charge in [0.2, 0.25) is 0 Å². The zero-order valence-electron chi connectivity index (χ0n) is 8.85. The largest absolute Gasteiger partial charge is 0.481 e. The van der Waals surface area contributed by atoms with Crippen molar-refractivity contribution in [3.63, 3.8) is 0 Å². The van der Waals surface area contributed by atoms with Crippen molar-refractivity contribution in [3.05, 3.63) is 28.2 Å². The van der Waals surface area contributed by atoms with Crippen LogP contribution in [0.25, 0.3) is 0 Å². The van der Waals surface area contributed by atoms with Crippen LogP contribution in [-0.4, -0.2) is 25.2 Å². The maximum absolute atomic E-state index is 11.8. The van der Waals surface area contributed by atoms with Gasteiger partial charge < -0.3 is 5.11 Å². The van der Waals surface area contributed by atoms with Crippen molar-refractivity contribution < 1.29 is 18.3 Å². The normalized spacial score (nSPS) is 13.4. The van der Waals surface area contributed by atoms with Crippen molar-refractivity contribution in [2.45, 2.75) is 11.8 Å². The summed E-state index contributed by atoms with van der Waals surface area (Å²) >= 11 is 11.4. The fourth-order valence-corrected chi connectivity index (χ4v) is 3.10. The third-order valence-corrected chi connectivity index (χ3v) is 4.79. The molecule has 1 rings (SSSR count). The first-order valence-corrected chi connectivity index (χ1v) is 7.05. The lowest BCUT2D eigenvalue weighted by atomic mass is 10.2. The molecule has 0 aliphatic carbocycles. The van der Waals surface area contributed by atoms with Crippen LogP contribution in [0.4, 0.5) is 0 Å². The lowest BCUT2D eigenvalue weighted by molar-refractivity contribution is -0.140. The number of carbonyl (C=O) groups is 1. The molecular formula is C10H10Cl2O4S. The molecule has 7 heteroatoms. The zero-order valence-corrected chi connectivity index (χ0v) is 11.2. The second-order valence-corrected chi connectivity index (χ2v) is 6.45. The number of hydrogen-bond donors (Lipinski definition) is 1. The van der Waals surface area contributed by atoms with Gasteiger partial charge in [-0.15, -0.1) is 0 Å². The van der Waals surface area contributed by atoms with E-state index in [9.17, 15) is 13.2 Å². The topological polar surface area (TPSA) is 71.4 Å². The Hall–Kier alpha value is -0.780. The number of carboxylic acids is 1. The first kappa shape index (κ1) is 14.3. The highest BCUT2D eigenvalue weighted by Gasteiger charge is 2.23. The Labute approximate surface area is 109 Å². The molecule has 0 spiro atoms. The number of rotatable bonds is 4. The second-order valence-electron chi connectivity index (χ2n) is 3.60. The Morgan fingerprint density at radius 2 is 1.94 bits per heavy atom. The molecule has 0 heterocycles. The average molecular weight is 297 g/mol. The number of hydrogen-bond acceptors (Lipinski definition) is 3. The van der Waals surface area contributed by atoms with Crippen LogP contribution >= 0.6 is 23.2 Å². The zero-order chi connectivity index (χ0) is 13.2. The summed E-state index contributed by atoms with van der Waals surface area (Å²) in [6, 6.07) is 3.88. The molecule has 0 amide bonds. The van der Waals surface area contributed by atoms with Gasteiger partial charge in [-0.25, -0.2) is 8.42 Å². The van der Waals surface area contributed by atoms with E-state index in [1.807, 2.05) is 0 Å². The third kappa shape index (κ3) is 3.59. The van der Waals surface area contributed by atoms with E-state index in [2.05, 4.69) is 0 Å². The smallest absolute Gasteiger partial charge is 0.307 e. The predicted molar refractivity (Wildman–Crippen MR) is 65.3 cm³/mol. The Bertz CT molecular complexity index is 539. The fraction of sp³-hybridized carbons (Fsp3) is 0.300. The number of aliphatic carboxylic acids is 1. The van der Waals surface area contributed by atoms with Crippen LogP contribution in [-0.2, 0) is 14.6 Å². The minimum atomic E-state index is -3.67. The summed E-state index contributed by atoms with van der Waals surface area (Å²) in [5.74, 6) is -2.61. The lowest BCUT2D eigenvalue weighted by Gasteiger charge is -2.08. The number of benzene rings is 1. The highest BCUT2D eigenvalue weighted by atomic mass is 35.5. The predicted octanol–water partition coefficient (Wildman–Crippen LogP) is 2.49. The monoisotopic (exact) mass is 296 g/mol. The molecule has 0 fully saturated rings. The van der Waals surface area contributed by atoms with Gasteiger partial charge in [0, 0.05) is 0 Å². The van der Waals surface area contributed by atoms with E-state index >= 15 is 0 Å². The number of sulfone groups is 1. The molecule has 1 atom stereocenters. The number of carboxylic acid groups (broad SMARTS) is 1. The molecule has 0 saturated carbocycles. The van der Waals surface area contributed by atoms with E-state index in [1.165, 1.54) is 25.1 Å². The molecule has 1 aromatic rings. The molecule has 0 aliphatic rings. The molecule has 0 saturated heterocycles. The summed E-state index contributed by atoms with van der Waals surface area (Å²) in [7, 11) is -3.67. The maximum Gasteiger partial charge on any atom is 0.307 e. The van der Waals surface area contributed by atoms with Crippen LogP contribution in [0.15, 0.2) is 23.1 Å². The molecule has 0 bridgehead atoms. The fourth-order valence-electron chi connectivity index (χ4n) is 1.17. The lowest BCUT2D eigenvalue weighted by Crippen LogP contribution is -2.21. The van der Waals surface area contributed by atoms with Crippen LogP contribution in [0.1, 0.15) is 6.92 Å². The SMILES string of the molecule is CC(CS(=O)(=O)c1ccc(Cl)c(Cl)c1)C(=O)O. The highest BCUT2D eigenvalue weighted by molar-refractivity contribution is 7.91. The van der Waals surface area contributed by atoms with Crippen molar-refractivity contribution in [2.24, 2.45) is 5.92 Å². The molecule has 17 heavy (non-hydrogen) atoms. The van der Waals surface area contributed by atoms with E-state index in [0.717, 1.165) is 0 Å². The second kappa shape index (κ2) is 5.25. The molecular weight excluding hydrogens is 287 g/mol. The van der Waals surface area contributed by atoms with E-state index in [0.29, 0.717) is 0 Å². The molecule has 94 valence electrons. The third-order valence-electron chi connectivity index (χ3n) is 2.14. The molecule has 0 aliphatic heterocycles. The molecule has 1 unspecified atom stereocenters. The summed E-state index contributed by atoms with van der Waals surface area (Å²) in [5.41, 5.74) is 0. The number of halogens is 2. The van der Waals surface area contributed by atoms with Gasteiger partial charge in [0.1, 0.15) is 0 Å². The van der Waals surface area contributed by atoms with Crippen molar-refractivity contribution in [3.8, 4) is 0 Å². The quantitative estimate of drug-likeness (QED) is 0.926. The van der Waals surface area contributed by atoms with Crippen molar-refractivity contribution >= 4 is 39.0 Å². The van der Waals surface area contributed by atoms with E-state index < -0.39 is 27.5 Å². The molecule has 0 radical (unpaired) electrons. The Kier molecular flexibility index (Phi) is 4.41. The maximum atomic E-state index is 11.8. The van der Waals surface area contributed by atoms with Crippen molar-refractivity contribution in [2.75, 3.05) is 5.75 Å². The van der Waals surface area contributed by atoms with Crippen LogP contribution in [0, 0.1) is 5.92 Å². The molecule has 0 aromatic heterocycles. The Balaban J connectivity index is 3.05. The van der Waals surface area contributed by atoms with Crippen LogP contribution in [0.5, 0.6) is 0 Å². The first-order valence-electron chi connectivity index (χ1n) is 4.64. The standard InChI is InChI=1S/C10H10Cl2O4S/c1-6(10(13)14)5-17(15,16)7-2-3-8(11)9(12)4-7/h2-4,6H,5H2,1H3,(H,13,14). The Morgan fingerprint density at radius 1 is 1.35 bits per heavy atom. The molecule has 1 aromatic carbocycles. The van der Waals surface area contributed by atoms with Gasteiger partial charge in [-0.2, -0.15) is 0 Å². The summed E-state index contributed by atoms with van der Waals surface area (Å²) < 4.78 is 23.7. The summed E-state index contributed by atoms with van der Waals surface area (Å²) in [4.78, 5) is 10.6. The van der Waals surface area contributed by atoms with Crippen LogP contribution in [0.3, 0.4) is 0 Å². The Morgan fingerprint density at radius 3 is 2.41 bits per heavy atom. The molecule has 1 N–H and O–H groups in total. The van der Waals surface area contributed by atoms with E-state index in [1.54, 1.807) is 0 Å². The van der Waals surface area contributed by atoms with Crippen LogP contribution < -0.4 is 0 Å². The van der Waals surface area contributed by atoms with Gasteiger partial charge in [-0.1, -0.05) is 30.1 Å². The average Bonchev–Trinajstić information content (AvgIpc) is 2.21. The van der Waals surface area contributed by atoms with Gasteiger partial charge in [-0.3, -0.25) is 4.79 Å².